The summed E-state index contributed by atoms with van der Waals surface area (Å²) in [4.78, 5) is 17.0. The number of benzene rings is 2. The summed E-state index contributed by atoms with van der Waals surface area (Å²) in [6, 6.07) is 14.2. The Morgan fingerprint density at radius 2 is 1.76 bits per heavy atom. The molecule has 29 heavy (non-hydrogen) atoms. The molecule has 0 saturated carbocycles. The van der Waals surface area contributed by atoms with E-state index in [9.17, 15) is 4.79 Å². The lowest BCUT2D eigenvalue weighted by atomic mass is 10.1. The van der Waals surface area contributed by atoms with Gasteiger partial charge in [-0.25, -0.2) is 4.79 Å². The van der Waals surface area contributed by atoms with Gasteiger partial charge in [-0.1, -0.05) is 12.1 Å². The van der Waals surface area contributed by atoms with Crippen molar-refractivity contribution in [3.63, 3.8) is 0 Å². The van der Waals surface area contributed by atoms with E-state index in [0.717, 1.165) is 61.7 Å². The van der Waals surface area contributed by atoms with E-state index in [1.165, 1.54) is 5.69 Å². The van der Waals surface area contributed by atoms with E-state index in [1.54, 1.807) is 7.11 Å². The molecule has 1 saturated heterocycles. The first-order valence-electron chi connectivity index (χ1n) is 10.3. The first-order chi connectivity index (χ1) is 14.0. The number of rotatable bonds is 7. The zero-order valence-corrected chi connectivity index (χ0v) is 17.7. The van der Waals surface area contributed by atoms with Crippen molar-refractivity contribution in [2.45, 2.75) is 20.3 Å². The van der Waals surface area contributed by atoms with Gasteiger partial charge in [0.15, 0.2) is 0 Å². The number of anilines is 2. The Morgan fingerprint density at radius 1 is 1.03 bits per heavy atom. The fourth-order valence-electron chi connectivity index (χ4n) is 3.56. The second kappa shape index (κ2) is 10.2. The van der Waals surface area contributed by atoms with Crippen molar-refractivity contribution < 1.29 is 9.53 Å². The Balaban J connectivity index is 1.33. The Labute approximate surface area is 173 Å². The molecule has 1 heterocycles. The molecule has 0 aliphatic carbocycles. The Morgan fingerprint density at radius 3 is 2.45 bits per heavy atom. The van der Waals surface area contributed by atoms with E-state index in [4.69, 9.17) is 4.74 Å². The number of nitrogens with zero attached hydrogens (tertiary/aromatic N) is 2. The predicted octanol–water partition coefficient (Wildman–Crippen LogP) is 3.65. The minimum atomic E-state index is -0.136. The van der Waals surface area contributed by atoms with Gasteiger partial charge in [0.05, 0.1) is 7.11 Å². The monoisotopic (exact) mass is 396 g/mol. The molecule has 156 valence electrons. The first kappa shape index (κ1) is 21.0. The number of nitrogens with one attached hydrogen (secondary N) is 2. The van der Waals surface area contributed by atoms with E-state index in [-0.39, 0.29) is 6.03 Å². The van der Waals surface area contributed by atoms with Crippen LogP contribution in [0.1, 0.15) is 17.5 Å². The van der Waals surface area contributed by atoms with Crippen LogP contribution in [0.4, 0.5) is 16.2 Å². The summed E-state index contributed by atoms with van der Waals surface area (Å²) >= 11 is 0. The molecule has 6 nitrogen and oxygen atoms in total. The molecule has 0 aromatic heterocycles. The van der Waals surface area contributed by atoms with Gasteiger partial charge < -0.3 is 20.3 Å². The molecule has 2 N–H and O–H groups in total. The summed E-state index contributed by atoms with van der Waals surface area (Å²) in [7, 11) is 1.69. The zero-order chi connectivity index (χ0) is 20.6. The van der Waals surface area contributed by atoms with Crippen molar-refractivity contribution >= 4 is 17.4 Å². The molecule has 1 fully saturated rings. The lowest BCUT2D eigenvalue weighted by molar-refractivity contribution is 0.244. The fourth-order valence-corrected chi connectivity index (χ4v) is 3.56. The van der Waals surface area contributed by atoms with E-state index in [2.05, 4.69) is 32.6 Å². The van der Waals surface area contributed by atoms with Gasteiger partial charge in [0.2, 0.25) is 0 Å². The average Bonchev–Trinajstić information content (AvgIpc) is 2.74. The molecule has 0 unspecified atom stereocenters. The van der Waals surface area contributed by atoms with Crippen LogP contribution >= 0.6 is 0 Å². The van der Waals surface area contributed by atoms with Crippen LogP contribution in [0.2, 0.25) is 0 Å². The number of hydrogen-bond donors (Lipinski definition) is 2. The molecular weight excluding hydrogens is 364 g/mol. The summed E-state index contributed by atoms with van der Waals surface area (Å²) in [6.45, 7) is 9.83. The van der Waals surface area contributed by atoms with E-state index in [0.29, 0.717) is 6.54 Å². The number of carbonyl (C=O) groups is 1. The molecule has 2 aromatic carbocycles. The van der Waals surface area contributed by atoms with Crippen LogP contribution in [0.5, 0.6) is 5.75 Å². The van der Waals surface area contributed by atoms with E-state index in [1.807, 2.05) is 44.2 Å². The summed E-state index contributed by atoms with van der Waals surface area (Å²) < 4.78 is 5.23. The molecule has 1 aliphatic heterocycles. The highest BCUT2D eigenvalue weighted by Gasteiger charge is 2.17. The largest absolute Gasteiger partial charge is 0.497 e. The fraction of sp³-hybridized carbons (Fsp3) is 0.435. The number of ether oxygens (including phenoxy) is 1. The van der Waals surface area contributed by atoms with Crippen LogP contribution in [0.15, 0.2) is 42.5 Å². The normalized spacial score (nSPS) is 14.5. The van der Waals surface area contributed by atoms with Gasteiger partial charge in [-0.15, -0.1) is 0 Å². The smallest absolute Gasteiger partial charge is 0.319 e. The van der Waals surface area contributed by atoms with Crippen molar-refractivity contribution in [3.8, 4) is 5.75 Å². The Kier molecular flexibility index (Phi) is 7.36. The number of carbonyl (C=O) groups excluding carboxylic acids is 1. The van der Waals surface area contributed by atoms with Gasteiger partial charge in [0.1, 0.15) is 5.75 Å². The molecule has 1 aliphatic rings. The number of piperazine rings is 1. The van der Waals surface area contributed by atoms with Crippen molar-refractivity contribution in [2.75, 3.05) is 56.6 Å². The van der Waals surface area contributed by atoms with Crippen molar-refractivity contribution in [1.82, 2.24) is 10.2 Å². The Hall–Kier alpha value is -2.73. The molecule has 6 heteroatoms. The number of amides is 2. The molecule has 0 spiro atoms. The zero-order valence-electron chi connectivity index (χ0n) is 17.7. The molecular formula is C23H32N4O2. The average molecular weight is 397 g/mol. The second-order valence-electron chi connectivity index (χ2n) is 7.58. The summed E-state index contributed by atoms with van der Waals surface area (Å²) in [5.74, 6) is 0.890. The second-order valence-corrected chi connectivity index (χ2v) is 7.58. The lowest BCUT2D eigenvalue weighted by Gasteiger charge is -2.36. The third kappa shape index (κ3) is 6.12. The molecule has 0 bridgehead atoms. The van der Waals surface area contributed by atoms with Crippen LogP contribution < -0.4 is 20.3 Å². The number of urea groups is 1. The van der Waals surface area contributed by atoms with Crippen LogP contribution in [0.3, 0.4) is 0 Å². The maximum absolute atomic E-state index is 12.1. The van der Waals surface area contributed by atoms with Crippen LogP contribution in [0, 0.1) is 13.8 Å². The van der Waals surface area contributed by atoms with Gasteiger partial charge in [-0.05, 0) is 68.3 Å². The van der Waals surface area contributed by atoms with Crippen molar-refractivity contribution in [2.24, 2.45) is 0 Å². The predicted molar refractivity (Wildman–Crippen MR) is 119 cm³/mol. The molecule has 3 rings (SSSR count). The highest BCUT2D eigenvalue weighted by atomic mass is 16.5. The Bertz CT molecular complexity index is 799. The highest BCUT2D eigenvalue weighted by Crippen LogP contribution is 2.20. The van der Waals surface area contributed by atoms with Gasteiger partial charge in [-0.2, -0.15) is 0 Å². The quantitative estimate of drug-likeness (QED) is 0.702. The van der Waals surface area contributed by atoms with E-state index >= 15 is 0 Å². The van der Waals surface area contributed by atoms with Crippen molar-refractivity contribution in [1.29, 1.82) is 0 Å². The number of hydrogen-bond acceptors (Lipinski definition) is 4. The van der Waals surface area contributed by atoms with Crippen LogP contribution in [-0.2, 0) is 0 Å². The number of aryl methyl sites for hydroxylation is 2. The minimum Gasteiger partial charge on any atom is -0.497 e. The standard InChI is InChI=1S/C23H32N4O2/c1-18-5-6-19(2)22(17-18)25-23(28)24-11-4-12-26-13-15-27(16-14-26)20-7-9-21(29-3)10-8-20/h5-10,17H,4,11-16H2,1-3H3,(H2,24,25,28). The maximum Gasteiger partial charge on any atom is 0.319 e. The molecule has 0 atom stereocenters. The van der Waals surface area contributed by atoms with Crippen molar-refractivity contribution in [3.05, 3.63) is 53.6 Å². The highest BCUT2D eigenvalue weighted by molar-refractivity contribution is 5.90. The minimum absolute atomic E-state index is 0.136. The third-order valence-electron chi connectivity index (χ3n) is 5.39. The van der Waals surface area contributed by atoms with E-state index < -0.39 is 0 Å². The SMILES string of the molecule is COc1ccc(N2CCN(CCCNC(=O)Nc3cc(C)ccc3C)CC2)cc1. The summed E-state index contributed by atoms with van der Waals surface area (Å²) in [5.41, 5.74) is 4.33. The lowest BCUT2D eigenvalue weighted by Crippen LogP contribution is -2.47. The molecule has 0 radical (unpaired) electrons. The van der Waals surface area contributed by atoms with Crippen LogP contribution in [-0.4, -0.2) is 57.3 Å². The topological polar surface area (TPSA) is 56.8 Å². The van der Waals surface area contributed by atoms with Gasteiger partial charge >= 0.3 is 6.03 Å². The van der Waals surface area contributed by atoms with Gasteiger partial charge in [0.25, 0.3) is 0 Å². The molecule has 2 amide bonds. The van der Waals surface area contributed by atoms with Crippen LogP contribution in [0.25, 0.3) is 0 Å². The van der Waals surface area contributed by atoms with Gasteiger partial charge in [0, 0.05) is 44.1 Å². The summed E-state index contributed by atoms with van der Waals surface area (Å²) in [5, 5.41) is 5.91. The first-order valence-corrected chi connectivity index (χ1v) is 10.3. The third-order valence-corrected chi connectivity index (χ3v) is 5.39. The number of methoxy groups -OCH3 is 1. The maximum atomic E-state index is 12.1. The summed E-state index contributed by atoms with van der Waals surface area (Å²) in [6.07, 6.45) is 0.947. The molecule has 2 aromatic rings. The van der Waals surface area contributed by atoms with Gasteiger partial charge in [-0.3, -0.25) is 4.90 Å².